The van der Waals surface area contributed by atoms with E-state index in [2.05, 4.69) is 86.2 Å². The Morgan fingerprint density at radius 2 is 0.729 bits per heavy atom. The maximum atomic E-state index is 10.9. The third-order valence-corrected chi connectivity index (χ3v) is 25.2. The molecule has 0 unspecified atom stereocenters. The molecular weight excluding hydrogens is 1100 g/mol. The lowest BCUT2D eigenvalue weighted by atomic mass is 9.83. The van der Waals surface area contributed by atoms with Crippen molar-refractivity contribution in [2.24, 2.45) is 49.1 Å². The number of nitrogens with zero attached hydrogens (tertiary/aromatic N) is 1. The predicted molar refractivity (Wildman–Crippen MR) is 386 cm³/mol. The number of unbranched alkanes of at least 4 members (excludes halogenated alkanes) is 3. The van der Waals surface area contributed by atoms with Crippen LogP contribution in [0.2, 0.25) is 0 Å². The van der Waals surface area contributed by atoms with E-state index in [1.165, 1.54) is 307 Å². The topological polar surface area (TPSA) is 84.8 Å². The number of hydrogen-bond donors (Lipinski definition) is 2. The average Bonchev–Trinajstić information content (AvgIpc) is 4.40. The van der Waals surface area contributed by atoms with E-state index in [9.17, 15) is 8.42 Å². The lowest BCUT2D eigenvalue weighted by Gasteiger charge is -2.22. The number of aliphatic hydroxyl groups excluding tert-OH is 1. The van der Waals surface area contributed by atoms with Gasteiger partial charge < -0.3 is 15.7 Å². The van der Waals surface area contributed by atoms with Crippen molar-refractivity contribution in [3.8, 4) is 0 Å². The van der Waals surface area contributed by atoms with E-state index in [1.807, 2.05) is 29.6 Å². The second-order valence-corrected chi connectivity index (χ2v) is 36.6. The van der Waals surface area contributed by atoms with Crippen LogP contribution in [-0.4, -0.2) is 69.2 Å². The summed E-state index contributed by atoms with van der Waals surface area (Å²) < 4.78 is 21.8. The van der Waals surface area contributed by atoms with Crippen LogP contribution in [-0.2, 0) is 9.84 Å². The molecule has 8 aliphatic carbocycles. The van der Waals surface area contributed by atoms with E-state index in [0.29, 0.717) is 39.4 Å². The van der Waals surface area contributed by atoms with Gasteiger partial charge in [-0.15, -0.1) is 6.58 Å². The number of sulfone groups is 1. The van der Waals surface area contributed by atoms with E-state index in [1.54, 1.807) is 0 Å². The second-order valence-electron chi connectivity index (χ2n) is 32.4. The zero-order valence-corrected chi connectivity index (χ0v) is 61.9. The molecule has 0 aromatic heterocycles. The molecule has 0 atom stereocenters. The summed E-state index contributed by atoms with van der Waals surface area (Å²) in [5.74, 6) is 3.08. The van der Waals surface area contributed by atoms with Crippen LogP contribution >= 0.6 is 23.5 Å². The quantitative estimate of drug-likeness (QED) is 0.0510. The van der Waals surface area contributed by atoms with Gasteiger partial charge >= 0.3 is 0 Å². The Bertz CT molecular complexity index is 1710. The molecular formula is C77H150N2O3S3. The van der Waals surface area contributed by atoms with Crippen LogP contribution in [0.3, 0.4) is 0 Å². The van der Waals surface area contributed by atoms with E-state index >= 15 is 0 Å². The molecule has 0 amide bonds. The number of rotatable bonds is 26. The highest BCUT2D eigenvalue weighted by atomic mass is 32.2. The molecule has 0 saturated heterocycles. The monoisotopic (exact) mass is 1250 g/mol. The first-order chi connectivity index (χ1) is 40.3. The molecule has 8 rings (SSSR count). The van der Waals surface area contributed by atoms with Crippen molar-refractivity contribution in [2.75, 3.05) is 55.7 Å². The molecule has 3 N–H and O–H groups in total. The number of allylic oxidation sites excluding steroid dienone is 1. The zero-order valence-electron chi connectivity index (χ0n) is 59.5. The van der Waals surface area contributed by atoms with Gasteiger partial charge in [-0.05, 0) is 248 Å². The summed E-state index contributed by atoms with van der Waals surface area (Å²) in [4.78, 5) is 3.44. The van der Waals surface area contributed by atoms with Gasteiger partial charge in [0.05, 0.1) is 0 Å². The number of aliphatic hydroxyl groups is 1. The highest BCUT2D eigenvalue weighted by Gasteiger charge is 2.33. The number of hydrogen-bond acceptors (Lipinski definition) is 6. The zero-order chi connectivity index (χ0) is 63.5. The maximum absolute atomic E-state index is 10.9. The summed E-state index contributed by atoms with van der Waals surface area (Å²) in [7, 11) is -2.74. The standard InChI is InChI=1S/C11H22S.C10H20O2S.C10H20O.C10H20S.C10H20.C10H18.C8H13N.C8H17N/c1-11(7-3-4-8-11)9-5-6-10-12-2;1-10(6-3-4-7-10)8-5-9-13(2,11)12;1-10(6-2-3-7-10)8-4-5-9-11;1-10(6-3-4-7-10)8-5-9-11-2;2*1-3-4-7-10(2)8-5-6-9-10;1-8(7-9-2)5-3-4-6-8;1-8(6-7-9)4-2-3-5-8/h3-10H2,1-2H3;3-9H2,1-2H3;11H,2-9H2,1H3;3-9H2,1-2H3;3-9H2,1-2H3;3H,1,4-9H2,2H3;3-7H2,1H3;2-7,9H2,1H3. The first-order valence-electron chi connectivity index (χ1n) is 36.7. The minimum atomic E-state index is -2.74. The van der Waals surface area contributed by atoms with Gasteiger partial charge in [0.1, 0.15) is 9.84 Å². The largest absolute Gasteiger partial charge is 0.396 e. The maximum Gasteiger partial charge on any atom is 0.219 e. The van der Waals surface area contributed by atoms with Crippen LogP contribution in [0, 0.1) is 49.9 Å². The van der Waals surface area contributed by atoms with Gasteiger partial charge in [-0.1, -0.05) is 197 Å². The van der Waals surface area contributed by atoms with E-state index in [4.69, 9.17) is 17.4 Å². The van der Waals surface area contributed by atoms with Crippen LogP contribution in [0.5, 0.6) is 0 Å². The molecule has 85 heavy (non-hydrogen) atoms. The molecule has 0 radical (unpaired) electrons. The Morgan fingerprint density at radius 1 is 0.447 bits per heavy atom. The van der Waals surface area contributed by atoms with E-state index in [-0.39, 0.29) is 0 Å². The molecule has 504 valence electrons. The Labute approximate surface area is 542 Å². The van der Waals surface area contributed by atoms with Gasteiger partial charge in [0, 0.05) is 24.0 Å². The van der Waals surface area contributed by atoms with Crippen LogP contribution < -0.4 is 5.73 Å². The average molecular weight is 1250 g/mol. The summed E-state index contributed by atoms with van der Waals surface area (Å²) >= 11 is 3.97. The van der Waals surface area contributed by atoms with Gasteiger partial charge in [-0.25, -0.2) is 15.0 Å². The Morgan fingerprint density at radius 3 is 1.02 bits per heavy atom. The van der Waals surface area contributed by atoms with Crippen LogP contribution in [0.15, 0.2) is 12.7 Å². The first-order valence-corrected chi connectivity index (χ1v) is 41.5. The van der Waals surface area contributed by atoms with Crippen LogP contribution in [0.1, 0.15) is 371 Å². The van der Waals surface area contributed by atoms with Crippen molar-refractivity contribution < 1.29 is 13.5 Å². The first kappa shape index (κ1) is 82.8. The molecule has 0 aromatic carbocycles. The van der Waals surface area contributed by atoms with Gasteiger partial charge in [0.2, 0.25) is 6.54 Å². The predicted octanol–water partition coefficient (Wildman–Crippen LogP) is 24.6. The van der Waals surface area contributed by atoms with Crippen LogP contribution in [0.4, 0.5) is 0 Å². The summed E-state index contributed by atoms with van der Waals surface area (Å²) in [6.07, 6.45) is 74.0. The SMILES string of the molecule is C=CCCC1(C)CCCC1.CC1(CCCCO)CCCC1.CC1(CCCS(C)(=O)=O)CCCC1.CC1(CCN)CCCC1.CCCCC1(C)CCCC1.CSCCCC1(C)CCCC1.CSCCCCC1(C)CCCC1.[C-]#[N+]CC1(C)CCCC1. The van der Waals surface area contributed by atoms with E-state index in [0.717, 1.165) is 48.6 Å². The van der Waals surface area contributed by atoms with Gasteiger partial charge in [0.25, 0.3) is 0 Å². The normalized spacial score (nSPS) is 22.7. The molecule has 8 heteroatoms. The Balaban J connectivity index is 0.000000487. The second kappa shape index (κ2) is 46.0. The summed E-state index contributed by atoms with van der Waals surface area (Å²) in [6, 6.07) is 0. The fourth-order valence-electron chi connectivity index (χ4n) is 16.2. The van der Waals surface area contributed by atoms with Crippen molar-refractivity contribution in [3.63, 3.8) is 0 Å². The molecule has 0 spiro atoms. The lowest BCUT2D eigenvalue weighted by Crippen LogP contribution is -2.16. The molecule has 8 saturated carbocycles. The minimum Gasteiger partial charge on any atom is -0.396 e. The summed E-state index contributed by atoms with van der Waals surface area (Å²) in [5, 5.41) is 8.62. The smallest absolute Gasteiger partial charge is 0.219 e. The molecule has 0 aromatic rings. The molecule has 0 bridgehead atoms. The molecule has 0 heterocycles. The van der Waals surface area contributed by atoms with Crippen molar-refractivity contribution in [3.05, 3.63) is 24.1 Å². The number of thioether (sulfide) groups is 2. The van der Waals surface area contributed by atoms with E-state index < -0.39 is 9.84 Å². The fourth-order valence-corrected chi connectivity index (χ4v) is 17.8. The molecule has 5 nitrogen and oxygen atoms in total. The fraction of sp³-hybridized carbons (Fsp3) is 0.961. The number of nitrogens with two attached hydrogens (primary N) is 1. The van der Waals surface area contributed by atoms with Crippen molar-refractivity contribution in [1.82, 2.24) is 0 Å². The van der Waals surface area contributed by atoms with Gasteiger partial charge in [-0.2, -0.15) is 23.5 Å². The minimum absolute atomic E-state index is 0.364. The Kier molecular flexibility index (Phi) is 44.8. The third-order valence-electron chi connectivity index (χ3n) is 22.8. The van der Waals surface area contributed by atoms with Crippen molar-refractivity contribution in [1.29, 1.82) is 0 Å². The molecule has 8 aliphatic rings. The van der Waals surface area contributed by atoms with Gasteiger partial charge in [0.15, 0.2) is 0 Å². The summed E-state index contributed by atoms with van der Waals surface area (Å²) in [6.45, 7) is 33.9. The molecule has 0 aliphatic heterocycles. The highest BCUT2D eigenvalue weighted by molar-refractivity contribution is 7.98. The third kappa shape index (κ3) is 41.1. The summed E-state index contributed by atoms with van der Waals surface area (Å²) in [5.41, 5.74) is 10.5. The van der Waals surface area contributed by atoms with Crippen molar-refractivity contribution >= 4 is 33.4 Å². The van der Waals surface area contributed by atoms with Crippen molar-refractivity contribution in [2.45, 2.75) is 371 Å². The van der Waals surface area contributed by atoms with Crippen LogP contribution in [0.25, 0.3) is 4.85 Å². The highest BCUT2D eigenvalue weighted by Crippen LogP contribution is 2.46. The van der Waals surface area contributed by atoms with Gasteiger partial charge in [-0.3, -0.25) is 0 Å². The lowest BCUT2D eigenvalue weighted by molar-refractivity contribution is 0.251. The Hall–Kier alpha value is -0.200. The molecule has 8 fully saturated rings.